The summed E-state index contributed by atoms with van der Waals surface area (Å²) in [5, 5.41) is 0. The lowest BCUT2D eigenvalue weighted by Crippen LogP contribution is -2.64. The average molecular weight is 398 g/mol. The van der Waals surface area contributed by atoms with Gasteiger partial charge in [0.1, 0.15) is 11.4 Å². The molecular formula is C11F14. The summed E-state index contributed by atoms with van der Waals surface area (Å²) < 4.78 is 184. The van der Waals surface area contributed by atoms with Gasteiger partial charge in [0.15, 0.2) is 11.6 Å². The second kappa shape index (κ2) is 4.69. The minimum atomic E-state index is -7.12. The fraction of sp³-hybridized carbons (Fsp3) is 0.455. The first kappa shape index (κ1) is 19.6. The Balaban J connectivity index is 3.15. The van der Waals surface area contributed by atoms with Crippen LogP contribution in [0, 0.1) is 17.5 Å². The zero-order valence-electron chi connectivity index (χ0n) is 10.8. The highest BCUT2D eigenvalue weighted by Crippen LogP contribution is 2.66. The maximum atomic E-state index is 13.6. The van der Waals surface area contributed by atoms with Crippen LogP contribution in [0.15, 0.2) is 0 Å². The van der Waals surface area contributed by atoms with Gasteiger partial charge in [-0.2, -0.15) is 48.3 Å². The number of hydrogen-bond acceptors (Lipinski definition) is 0. The van der Waals surface area contributed by atoms with Crippen LogP contribution in [-0.2, 0) is 18.0 Å². The summed E-state index contributed by atoms with van der Waals surface area (Å²) >= 11 is 0. The quantitative estimate of drug-likeness (QED) is 0.395. The number of benzene rings is 1. The van der Waals surface area contributed by atoms with Crippen molar-refractivity contribution in [2.45, 2.75) is 29.9 Å². The van der Waals surface area contributed by atoms with E-state index in [1.807, 2.05) is 0 Å². The van der Waals surface area contributed by atoms with E-state index in [9.17, 15) is 61.5 Å². The van der Waals surface area contributed by atoms with E-state index in [0.717, 1.165) is 0 Å². The first-order chi connectivity index (χ1) is 10.8. The largest absolute Gasteiger partial charge is 0.422 e. The Morgan fingerprint density at radius 3 is 1.16 bits per heavy atom. The lowest BCUT2D eigenvalue weighted by molar-refractivity contribution is -0.388. The van der Waals surface area contributed by atoms with Gasteiger partial charge in [0.05, 0.1) is 11.1 Å². The molecule has 0 fully saturated rings. The highest BCUT2D eigenvalue weighted by Gasteiger charge is 2.86. The molecule has 0 heterocycles. The van der Waals surface area contributed by atoms with Crippen LogP contribution in [-0.4, -0.2) is 11.8 Å². The molecule has 0 atom stereocenters. The van der Waals surface area contributed by atoms with Crippen LogP contribution in [0.4, 0.5) is 61.5 Å². The van der Waals surface area contributed by atoms with Gasteiger partial charge < -0.3 is 0 Å². The Bertz CT molecular complexity index is 740. The second-order valence-electron chi connectivity index (χ2n) is 4.86. The average Bonchev–Trinajstić information content (AvgIpc) is 2.38. The van der Waals surface area contributed by atoms with Gasteiger partial charge in [0.2, 0.25) is 0 Å². The van der Waals surface area contributed by atoms with Crippen LogP contribution >= 0.6 is 0 Å². The van der Waals surface area contributed by atoms with Crippen molar-refractivity contribution in [2.75, 3.05) is 0 Å². The molecule has 14 heteroatoms. The minimum absolute atomic E-state index is 3.54. The first-order valence-electron chi connectivity index (χ1n) is 5.65. The van der Waals surface area contributed by atoms with Gasteiger partial charge in [0, 0.05) is 0 Å². The van der Waals surface area contributed by atoms with Crippen LogP contribution in [0.5, 0.6) is 0 Å². The van der Waals surface area contributed by atoms with Gasteiger partial charge >= 0.3 is 29.9 Å². The van der Waals surface area contributed by atoms with E-state index in [1.54, 1.807) is 0 Å². The Kier molecular flexibility index (Phi) is 3.67. The number of fused-ring (bicyclic) bond motifs is 1. The van der Waals surface area contributed by atoms with E-state index in [4.69, 9.17) is 0 Å². The van der Waals surface area contributed by atoms with E-state index in [2.05, 4.69) is 0 Å². The van der Waals surface area contributed by atoms with Crippen molar-refractivity contribution in [3.63, 3.8) is 0 Å². The highest BCUT2D eigenvalue weighted by molar-refractivity contribution is 5.48. The molecule has 0 N–H and O–H groups in total. The normalized spacial score (nSPS) is 23.3. The smallest absolute Gasteiger partial charge is 0.206 e. The van der Waals surface area contributed by atoms with Crippen molar-refractivity contribution in [1.29, 1.82) is 0 Å². The van der Waals surface area contributed by atoms with Crippen LogP contribution < -0.4 is 0 Å². The Morgan fingerprint density at radius 2 is 0.840 bits per heavy atom. The molecule has 2 rings (SSSR count). The maximum absolute atomic E-state index is 13.6. The van der Waals surface area contributed by atoms with Crippen LogP contribution in [0.2, 0.25) is 0 Å². The van der Waals surface area contributed by atoms with E-state index in [1.165, 1.54) is 0 Å². The Hall–Kier alpha value is -1.76. The Morgan fingerprint density at radius 1 is 0.520 bits per heavy atom. The van der Waals surface area contributed by atoms with E-state index < -0.39 is 64.0 Å². The van der Waals surface area contributed by atoms with E-state index in [0.29, 0.717) is 0 Å². The molecule has 0 aromatic heterocycles. The monoisotopic (exact) mass is 398 g/mol. The van der Waals surface area contributed by atoms with Gasteiger partial charge in [-0.15, -0.1) is 0 Å². The van der Waals surface area contributed by atoms with Gasteiger partial charge in [-0.1, -0.05) is 0 Å². The van der Waals surface area contributed by atoms with Gasteiger partial charge in [-0.05, 0) is 0 Å². The van der Waals surface area contributed by atoms with Crippen LogP contribution in [0.25, 0.3) is 0 Å². The molecule has 1 aromatic rings. The molecule has 25 heavy (non-hydrogen) atoms. The lowest BCUT2D eigenvalue weighted by atomic mass is 9.78. The molecule has 0 saturated heterocycles. The maximum Gasteiger partial charge on any atom is 0.422 e. The molecule has 0 spiro atoms. The summed E-state index contributed by atoms with van der Waals surface area (Å²) in [5.74, 6) is -38.5. The van der Waals surface area contributed by atoms with Crippen molar-refractivity contribution in [2.24, 2.45) is 0 Å². The third-order valence-corrected chi connectivity index (χ3v) is 3.42. The zero-order chi connectivity index (χ0) is 20.0. The molecule has 0 radical (unpaired) electrons. The number of rotatable bonds is 0. The summed E-state index contributed by atoms with van der Waals surface area (Å²) in [7, 11) is 0. The van der Waals surface area contributed by atoms with Crippen molar-refractivity contribution in [1.82, 2.24) is 0 Å². The van der Waals surface area contributed by atoms with Crippen LogP contribution in [0.1, 0.15) is 16.7 Å². The SMILES string of the molecule is Fc1c(F)c2c(c(F)c1C(F)(F)F)C(F)(F)C(F)(F)C(F)(F)C2(F)F. The molecule has 0 aliphatic heterocycles. The van der Waals surface area contributed by atoms with Crippen molar-refractivity contribution < 1.29 is 61.5 Å². The molecule has 0 amide bonds. The van der Waals surface area contributed by atoms with Crippen LogP contribution in [0.3, 0.4) is 0 Å². The summed E-state index contributed by atoms with van der Waals surface area (Å²) in [4.78, 5) is 0. The van der Waals surface area contributed by atoms with Gasteiger partial charge in [-0.3, -0.25) is 0 Å². The zero-order valence-corrected chi connectivity index (χ0v) is 10.8. The number of halogens is 14. The molecule has 0 unspecified atom stereocenters. The molecule has 0 bridgehead atoms. The van der Waals surface area contributed by atoms with Crippen molar-refractivity contribution in [3.05, 3.63) is 34.1 Å². The third-order valence-electron chi connectivity index (χ3n) is 3.42. The van der Waals surface area contributed by atoms with Crippen molar-refractivity contribution >= 4 is 0 Å². The molecule has 1 aliphatic rings. The number of alkyl halides is 11. The fourth-order valence-electron chi connectivity index (χ4n) is 2.21. The van der Waals surface area contributed by atoms with E-state index in [-0.39, 0.29) is 0 Å². The highest BCUT2D eigenvalue weighted by atomic mass is 19.4. The third kappa shape index (κ3) is 2.02. The lowest BCUT2D eigenvalue weighted by Gasteiger charge is -2.43. The van der Waals surface area contributed by atoms with Gasteiger partial charge in [-0.25, -0.2) is 13.2 Å². The Labute approximate surface area is 127 Å². The molecule has 1 aliphatic carbocycles. The van der Waals surface area contributed by atoms with Gasteiger partial charge in [0.25, 0.3) is 0 Å². The van der Waals surface area contributed by atoms with Crippen molar-refractivity contribution in [3.8, 4) is 0 Å². The van der Waals surface area contributed by atoms with E-state index >= 15 is 0 Å². The predicted octanol–water partition coefficient (Wildman–Crippen LogP) is 5.59. The molecule has 0 saturated carbocycles. The second-order valence-corrected chi connectivity index (χ2v) is 4.86. The summed E-state index contributed by atoms with van der Waals surface area (Å²) in [5.41, 5.74) is -10.9. The molecular weight excluding hydrogens is 398 g/mol. The predicted molar refractivity (Wildman–Crippen MR) is 49.0 cm³/mol. The topological polar surface area (TPSA) is 0 Å². The standard InChI is InChI=1S/C11F14/c12-4-1-2(5(13)6(14)3(4)9(19,20)21)8(17,18)11(24,25)10(22,23)7(1,15)16. The first-order valence-corrected chi connectivity index (χ1v) is 5.65. The summed E-state index contributed by atoms with van der Waals surface area (Å²) in [6.45, 7) is 0. The minimum Gasteiger partial charge on any atom is -0.206 e. The summed E-state index contributed by atoms with van der Waals surface area (Å²) in [6.07, 6.45) is -6.33. The molecule has 1 aromatic carbocycles. The number of hydrogen-bond donors (Lipinski definition) is 0. The summed E-state index contributed by atoms with van der Waals surface area (Å²) in [6, 6.07) is 0. The fourth-order valence-corrected chi connectivity index (χ4v) is 2.21. The molecule has 142 valence electrons. The molecule has 0 nitrogen and oxygen atoms in total.